The van der Waals surface area contributed by atoms with Gasteiger partial charge >= 0.3 is 0 Å². The minimum Gasteiger partial charge on any atom is -0.355 e. The second kappa shape index (κ2) is 16.3. The molecule has 3 amide bonds. The number of quaternary nitrogens is 1. The number of carbonyl (C=O) groups is 3. The lowest BCUT2D eigenvalue weighted by Gasteiger charge is -2.36. The molecule has 3 rings (SSSR count). The summed E-state index contributed by atoms with van der Waals surface area (Å²) in [5, 5.41) is 8.09. The molecule has 0 radical (unpaired) electrons. The Bertz CT molecular complexity index is 1110. The Morgan fingerprint density at radius 2 is 1.44 bits per heavy atom. The van der Waals surface area contributed by atoms with Crippen LogP contribution in [0.1, 0.15) is 86.8 Å². The highest BCUT2D eigenvalue weighted by Crippen LogP contribution is 2.33. The van der Waals surface area contributed by atoms with Gasteiger partial charge in [-0.2, -0.15) is 0 Å². The molecule has 1 saturated heterocycles. The number of nitrogens with zero attached hydrogens (tertiary/aromatic N) is 2. The minimum absolute atomic E-state index is 0.0926. The van der Waals surface area contributed by atoms with Crippen molar-refractivity contribution < 1.29 is 18.9 Å². The van der Waals surface area contributed by atoms with Crippen LogP contribution in [0, 0.1) is 13.8 Å². The standard InChI is InChI=1S/C26H37N5O3S.2C2H6/c1-17(2)25-23(19(4)16-35-25)29-21(33)15-31(11-9-7-8-10-12-31)14-20(32)28-22-18(3)13-27-24(22)26(34)30(5)6;2*1-2/h13,16H,1,7-12,14-15H2,2-6H3,(H2-,27,28,29,32,33,34);2*1-2H3/p+1. The third-order valence-electron chi connectivity index (χ3n) is 6.56. The predicted molar refractivity (Wildman–Crippen MR) is 165 cm³/mol. The number of hydrogen-bond acceptors (Lipinski definition) is 4. The molecule has 0 aliphatic carbocycles. The summed E-state index contributed by atoms with van der Waals surface area (Å²) >= 11 is 1.58. The summed E-state index contributed by atoms with van der Waals surface area (Å²) in [5.74, 6) is -0.486. The van der Waals surface area contributed by atoms with Crippen LogP contribution < -0.4 is 10.6 Å². The molecule has 218 valence electrons. The molecule has 0 spiro atoms. The lowest BCUT2D eigenvalue weighted by Crippen LogP contribution is -2.56. The van der Waals surface area contributed by atoms with Crippen LogP contribution in [-0.4, -0.2) is 72.4 Å². The number of H-pyrrole nitrogens is 1. The molecular formula is C30H50N5O3S+. The normalized spacial score (nSPS) is 14.0. The first kappa shape index (κ1) is 34.1. The van der Waals surface area contributed by atoms with Gasteiger partial charge in [0.2, 0.25) is 0 Å². The monoisotopic (exact) mass is 560 g/mol. The molecule has 1 aliphatic heterocycles. The van der Waals surface area contributed by atoms with E-state index in [1.54, 1.807) is 31.6 Å². The molecule has 3 N–H and O–H groups in total. The van der Waals surface area contributed by atoms with Gasteiger partial charge in [-0.1, -0.05) is 34.3 Å². The summed E-state index contributed by atoms with van der Waals surface area (Å²) in [7, 11) is 3.35. The number of carbonyl (C=O) groups excluding carboxylic acids is 3. The van der Waals surface area contributed by atoms with E-state index in [9.17, 15) is 14.4 Å². The molecule has 1 fully saturated rings. The van der Waals surface area contributed by atoms with Crippen LogP contribution in [0.15, 0.2) is 18.2 Å². The Morgan fingerprint density at radius 1 is 0.923 bits per heavy atom. The molecule has 2 aromatic heterocycles. The molecule has 2 aromatic rings. The van der Waals surface area contributed by atoms with Crippen LogP contribution in [-0.2, 0) is 9.59 Å². The van der Waals surface area contributed by atoms with Gasteiger partial charge in [-0.05, 0) is 68.5 Å². The molecule has 39 heavy (non-hydrogen) atoms. The van der Waals surface area contributed by atoms with Gasteiger partial charge in [0.25, 0.3) is 17.7 Å². The minimum atomic E-state index is -0.203. The first-order valence-corrected chi connectivity index (χ1v) is 15.0. The maximum absolute atomic E-state index is 13.3. The number of rotatable bonds is 8. The quantitative estimate of drug-likeness (QED) is 0.324. The Balaban J connectivity index is 0.00000181. The second-order valence-electron chi connectivity index (χ2n) is 9.94. The van der Waals surface area contributed by atoms with Gasteiger partial charge in [0.1, 0.15) is 5.69 Å². The van der Waals surface area contributed by atoms with Crippen LogP contribution in [0.4, 0.5) is 11.4 Å². The van der Waals surface area contributed by atoms with Crippen LogP contribution in [0.5, 0.6) is 0 Å². The fraction of sp³-hybridized carbons (Fsp3) is 0.567. The Hall–Kier alpha value is -2.91. The highest BCUT2D eigenvalue weighted by molar-refractivity contribution is 7.12. The number of aromatic amines is 1. The zero-order valence-electron chi connectivity index (χ0n) is 25.5. The van der Waals surface area contributed by atoms with Gasteiger partial charge in [-0.25, -0.2) is 0 Å². The molecule has 0 bridgehead atoms. The number of allylic oxidation sites excluding steroid dienone is 1. The van der Waals surface area contributed by atoms with E-state index in [0.717, 1.165) is 66.0 Å². The number of aromatic nitrogens is 1. The molecule has 0 aromatic carbocycles. The van der Waals surface area contributed by atoms with Gasteiger partial charge in [-0.15, -0.1) is 11.3 Å². The molecule has 0 atom stereocenters. The van der Waals surface area contributed by atoms with Gasteiger partial charge in [-0.3, -0.25) is 14.4 Å². The first-order chi connectivity index (χ1) is 18.5. The summed E-state index contributed by atoms with van der Waals surface area (Å²) in [5.41, 5.74) is 4.42. The van der Waals surface area contributed by atoms with Crippen molar-refractivity contribution in [3.8, 4) is 0 Å². The maximum atomic E-state index is 13.3. The third-order valence-corrected chi connectivity index (χ3v) is 7.82. The topological polar surface area (TPSA) is 94.3 Å². The largest absolute Gasteiger partial charge is 0.355 e. The number of hydrogen-bond donors (Lipinski definition) is 3. The molecular weight excluding hydrogens is 510 g/mol. The number of likely N-dealkylation sites (tertiary alicyclic amines) is 1. The lowest BCUT2D eigenvalue weighted by atomic mass is 10.2. The van der Waals surface area contributed by atoms with Crippen molar-refractivity contribution in [1.82, 2.24) is 9.88 Å². The van der Waals surface area contributed by atoms with Gasteiger partial charge in [0.05, 0.1) is 29.3 Å². The van der Waals surface area contributed by atoms with Crippen molar-refractivity contribution in [1.29, 1.82) is 0 Å². The van der Waals surface area contributed by atoms with E-state index in [0.29, 0.717) is 15.9 Å². The van der Waals surface area contributed by atoms with E-state index in [2.05, 4.69) is 22.2 Å². The highest BCUT2D eigenvalue weighted by Gasteiger charge is 2.35. The van der Waals surface area contributed by atoms with E-state index in [1.807, 2.05) is 53.8 Å². The van der Waals surface area contributed by atoms with Gasteiger partial charge < -0.3 is 25.0 Å². The van der Waals surface area contributed by atoms with Gasteiger partial charge in [0, 0.05) is 20.3 Å². The number of amides is 3. The summed E-state index contributed by atoms with van der Waals surface area (Å²) in [6.07, 6.45) is 5.87. The van der Waals surface area contributed by atoms with E-state index in [1.165, 1.54) is 4.90 Å². The van der Waals surface area contributed by atoms with Crippen LogP contribution >= 0.6 is 11.3 Å². The Morgan fingerprint density at radius 3 is 1.92 bits per heavy atom. The number of thiophene rings is 1. The van der Waals surface area contributed by atoms with Gasteiger partial charge in [0.15, 0.2) is 13.1 Å². The van der Waals surface area contributed by atoms with Crippen molar-refractivity contribution in [2.24, 2.45) is 0 Å². The molecule has 9 heteroatoms. The average Bonchev–Trinajstić information content (AvgIpc) is 3.35. The molecule has 0 unspecified atom stereocenters. The van der Waals surface area contributed by atoms with E-state index >= 15 is 0 Å². The van der Waals surface area contributed by atoms with Crippen molar-refractivity contribution in [3.05, 3.63) is 39.9 Å². The van der Waals surface area contributed by atoms with Crippen LogP contribution in [0.25, 0.3) is 5.57 Å². The van der Waals surface area contributed by atoms with Crippen molar-refractivity contribution in [2.45, 2.75) is 74.1 Å². The Kier molecular flexibility index (Phi) is 14.2. The number of nitrogens with one attached hydrogen (secondary N) is 3. The zero-order valence-corrected chi connectivity index (χ0v) is 26.4. The second-order valence-corrected chi connectivity index (χ2v) is 10.8. The fourth-order valence-corrected chi connectivity index (χ4v) is 5.63. The molecule has 1 aliphatic rings. The summed E-state index contributed by atoms with van der Waals surface area (Å²) in [4.78, 5) is 44.5. The highest BCUT2D eigenvalue weighted by atomic mass is 32.1. The lowest BCUT2D eigenvalue weighted by molar-refractivity contribution is -0.912. The van der Waals surface area contributed by atoms with E-state index < -0.39 is 0 Å². The first-order valence-electron chi connectivity index (χ1n) is 14.1. The Labute approximate surface area is 239 Å². The zero-order chi connectivity index (χ0) is 29.8. The summed E-state index contributed by atoms with van der Waals surface area (Å²) < 4.78 is 0.406. The van der Waals surface area contributed by atoms with E-state index in [-0.39, 0.29) is 30.8 Å². The van der Waals surface area contributed by atoms with Crippen molar-refractivity contribution in [3.63, 3.8) is 0 Å². The molecule has 0 saturated carbocycles. The fourth-order valence-electron chi connectivity index (χ4n) is 4.69. The third kappa shape index (κ3) is 9.35. The van der Waals surface area contributed by atoms with Crippen LogP contribution in [0.3, 0.4) is 0 Å². The predicted octanol–water partition coefficient (Wildman–Crippen LogP) is 6.45. The summed E-state index contributed by atoms with van der Waals surface area (Å²) in [6, 6.07) is 0. The smallest absolute Gasteiger partial charge is 0.279 e. The number of aryl methyl sites for hydroxylation is 2. The van der Waals surface area contributed by atoms with Crippen LogP contribution in [0.2, 0.25) is 0 Å². The van der Waals surface area contributed by atoms with E-state index in [4.69, 9.17) is 0 Å². The maximum Gasteiger partial charge on any atom is 0.279 e. The SMILES string of the molecule is C=C(C)c1scc(C)c1NC(=O)C[N+]1(CC(=O)Nc2c(C)c[nH]c2C(=O)N(C)C)CCCCCC1.CC.CC. The average molecular weight is 561 g/mol. The van der Waals surface area contributed by atoms with Crippen molar-refractivity contribution in [2.75, 3.05) is 50.9 Å². The number of anilines is 2. The van der Waals surface area contributed by atoms with Crippen molar-refractivity contribution >= 4 is 46.0 Å². The summed E-state index contributed by atoms with van der Waals surface area (Å²) in [6.45, 7) is 19.8. The molecule has 3 heterocycles. The molecule has 8 nitrogen and oxygen atoms in total.